The average molecular weight is 690 g/mol. The van der Waals surface area contributed by atoms with Crippen molar-refractivity contribution in [3.05, 3.63) is 89.0 Å². The first-order valence-corrected chi connectivity index (χ1v) is 17.5. The number of nitrogens with zero attached hydrogens (tertiary/aromatic N) is 3. The molecule has 5 bridgehead atoms. The quantitative estimate of drug-likeness (QED) is 0.253. The maximum atomic E-state index is 15.0. The third-order valence-electron chi connectivity index (χ3n) is 10.5. The van der Waals surface area contributed by atoms with E-state index < -0.39 is 47.7 Å². The average Bonchev–Trinajstić information content (AvgIpc) is 3.74. The first-order valence-electron chi connectivity index (χ1n) is 17.1. The van der Waals surface area contributed by atoms with E-state index in [0.717, 1.165) is 11.1 Å². The summed E-state index contributed by atoms with van der Waals surface area (Å²) in [6, 6.07) is 13.1. The number of rotatable bonds is 7. The third-order valence-corrected chi connectivity index (χ3v) is 10.8. The number of hydrogen-bond acceptors (Lipinski definition) is 7. The summed E-state index contributed by atoms with van der Waals surface area (Å²) in [6.45, 7) is 4.13. The number of fused-ring (bicyclic) bond motifs is 2. The topological polar surface area (TPSA) is 117 Å². The van der Waals surface area contributed by atoms with Crippen molar-refractivity contribution in [2.45, 2.75) is 75.8 Å². The Balaban J connectivity index is 1.46. The van der Waals surface area contributed by atoms with Crippen molar-refractivity contribution in [2.75, 3.05) is 31.6 Å². The minimum atomic E-state index is -1.40. The minimum absolute atomic E-state index is 0.0258. The molecule has 1 N–H and O–H groups in total. The van der Waals surface area contributed by atoms with E-state index in [4.69, 9.17) is 21.1 Å². The van der Waals surface area contributed by atoms with Crippen molar-refractivity contribution in [1.29, 1.82) is 0 Å². The molecule has 0 aliphatic carbocycles. The number of aliphatic hydroxyl groups is 1. The largest absolute Gasteiger partial charge is 0.455 e. The molecule has 2 saturated heterocycles. The standard InChI is InChI=1S/C38H44ClN3O7/c1-24-14-13-17-27(39)32(24)41-21-10-5-9-18-29(44)40(3)25(2)33(26-15-7-4-8-16-26)48-37(47)30-28-19-20-38(49-28)31(30)35(45)42(34(38)36(41)46)22-11-6-12-23-43/h4-5,7-8,10,13-17,19-20,25,28,30-31,33-34,43H,6,9,11-12,18,21-23H2,1-3H3/b10-5-/t25-,28+,30-,31-,33+,34+,38-/m0/s1. The molecule has 1 spiro atoms. The molecule has 0 radical (unpaired) electrons. The Morgan fingerprint density at radius 1 is 0.980 bits per heavy atom. The number of hydrogen-bond donors (Lipinski definition) is 1. The highest BCUT2D eigenvalue weighted by Crippen LogP contribution is 2.56. The number of halogens is 1. The fourth-order valence-electron chi connectivity index (χ4n) is 7.83. The number of anilines is 1. The van der Waals surface area contributed by atoms with E-state index >= 15 is 4.79 Å². The van der Waals surface area contributed by atoms with Gasteiger partial charge in [-0.15, -0.1) is 0 Å². The summed E-state index contributed by atoms with van der Waals surface area (Å²) in [5, 5.41) is 9.78. The van der Waals surface area contributed by atoms with Crippen LogP contribution in [0.15, 0.2) is 72.8 Å². The number of cyclic esters (lactones) is 1. The molecule has 11 heteroatoms. The summed E-state index contributed by atoms with van der Waals surface area (Å²) >= 11 is 6.75. The van der Waals surface area contributed by atoms with Gasteiger partial charge in [-0.25, -0.2) is 0 Å². The normalized spacial score (nSPS) is 31.0. The van der Waals surface area contributed by atoms with Crippen molar-refractivity contribution in [3.63, 3.8) is 0 Å². The van der Waals surface area contributed by atoms with Gasteiger partial charge < -0.3 is 29.3 Å². The lowest BCUT2D eigenvalue weighted by Crippen LogP contribution is -2.56. The fraction of sp³-hybridized carbons (Fsp3) is 0.474. The zero-order valence-electron chi connectivity index (χ0n) is 28.2. The van der Waals surface area contributed by atoms with E-state index in [1.165, 1.54) is 0 Å². The molecule has 2 aromatic rings. The summed E-state index contributed by atoms with van der Waals surface area (Å²) in [4.78, 5) is 62.1. The maximum Gasteiger partial charge on any atom is 0.313 e. The van der Waals surface area contributed by atoms with Crippen LogP contribution in [0.2, 0.25) is 5.02 Å². The number of aliphatic hydroxyl groups excluding tert-OH is 1. The van der Waals surface area contributed by atoms with Crippen molar-refractivity contribution >= 4 is 41.0 Å². The fourth-order valence-corrected chi connectivity index (χ4v) is 8.16. The van der Waals surface area contributed by atoms with Crippen LogP contribution in [0.25, 0.3) is 0 Å². The molecule has 0 unspecified atom stereocenters. The molecular weight excluding hydrogens is 646 g/mol. The summed E-state index contributed by atoms with van der Waals surface area (Å²) in [5.41, 5.74) is 0.620. The van der Waals surface area contributed by atoms with Crippen molar-refractivity contribution in [3.8, 4) is 0 Å². The SMILES string of the molecule is Cc1cccc(Cl)c1N1C/C=C\CCC(=O)N(C)[C@@H](C)[C@H](c2ccccc2)OC(=O)[C@@H]2[C@H]3C(=O)N(CCCCCO)[C@H](C1=O)[C@]31C=C[C@H]2O1. The molecule has 4 aliphatic rings. The Morgan fingerprint density at radius 2 is 1.76 bits per heavy atom. The van der Waals surface area contributed by atoms with Crippen molar-refractivity contribution in [2.24, 2.45) is 11.8 Å². The number of ether oxygens (including phenoxy) is 2. The highest BCUT2D eigenvalue weighted by molar-refractivity contribution is 6.34. The van der Waals surface area contributed by atoms with Crippen LogP contribution in [0.4, 0.5) is 5.69 Å². The van der Waals surface area contributed by atoms with E-state index in [1.54, 1.807) is 40.0 Å². The van der Waals surface area contributed by atoms with Crippen LogP contribution in [0.1, 0.15) is 56.3 Å². The van der Waals surface area contributed by atoms with Crippen LogP contribution in [0.3, 0.4) is 0 Å². The number of likely N-dealkylation sites (tertiary alicyclic amines) is 1. The highest BCUT2D eigenvalue weighted by Gasteiger charge is 2.73. The van der Waals surface area contributed by atoms with Gasteiger partial charge in [0.1, 0.15) is 23.7 Å². The Labute approximate surface area is 292 Å². The van der Waals surface area contributed by atoms with E-state index in [2.05, 4.69) is 0 Å². The predicted octanol–water partition coefficient (Wildman–Crippen LogP) is 4.78. The van der Waals surface area contributed by atoms with E-state index in [0.29, 0.717) is 36.4 Å². The molecule has 6 rings (SSSR count). The number of aryl methyl sites for hydroxylation is 1. The molecule has 10 nitrogen and oxygen atoms in total. The van der Waals surface area contributed by atoms with Gasteiger partial charge >= 0.3 is 5.97 Å². The molecule has 4 aliphatic heterocycles. The summed E-state index contributed by atoms with van der Waals surface area (Å²) < 4.78 is 12.9. The van der Waals surface area contributed by atoms with E-state index in [9.17, 15) is 19.5 Å². The smallest absolute Gasteiger partial charge is 0.313 e. The molecular formula is C38H44ClN3O7. The second kappa shape index (κ2) is 14.5. The predicted molar refractivity (Wildman–Crippen MR) is 185 cm³/mol. The minimum Gasteiger partial charge on any atom is -0.455 e. The molecule has 7 atom stereocenters. The van der Waals surface area contributed by atoms with E-state index in [-0.39, 0.29) is 43.8 Å². The van der Waals surface area contributed by atoms with Gasteiger partial charge in [-0.1, -0.05) is 78.4 Å². The maximum absolute atomic E-state index is 15.0. The van der Waals surface area contributed by atoms with Gasteiger partial charge in [-0.3, -0.25) is 19.2 Å². The van der Waals surface area contributed by atoms with Gasteiger partial charge in [-0.05, 0) is 56.7 Å². The third kappa shape index (κ3) is 6.30. The van der Waals surface area contributed by atoms with Gasteiger partial charge in [0.15, 0.2) is 0 Å². The number of amides is 3. The van der Waals surface area contributed by atoms with Crippen LogP contribution >= 0.6 is 11.6 Å². The van der Waals surface area contributed by atoms with Gasteiger partial charge in [-0.2, -0.15) is 0 Å². The van der Waals surface area contributed by atoms with E-state index in [1.807, 2.05) is 68.5 Å². The van der Waals surface area contributed by atoms with Crippen LogP contribution in [0, 0.1) is 18.8 Å². The van der Waals surface area contributed by atoms with Gasteiger partial charge in [0.05, 0.1) is 28.8 Å². The monoisotopic (exact) mass is 689 g/mol. The number of benzene rings is 2. The summed E-state index contributed by atoms with van der Waals surface area (Å²) in [7, 11) is 1.70. The Kier molecular flexibility index (Phi) is 10.3. The molecule has 0 saturated carbocycles. The number of carbonyl (C=O) groups excluding carboxylic acids is 4. The molecule has 2 aromatic carbocycles. The Bertz CT molecular complexity index is 1630. The van der Waals surface area contributed by atoms with Gasteiger partial charge in [0.2, 0.25) is 11.8 Å². The first kappa shape index (κ1) is 34.9. The van der Waals surface area contributed by atoms with Gasteiger partial charge in [0, 0.05) is 33.2 Å². The number of esters is 1. The number of para-hydroxylation sites is 1. The number of allylic oxidation sites excluding steroid dienone is 1. The van der Waals surface area contributed by atoms with Gasteiger partial charge in [0.25, 0.3) is 5.91 Å². The van der Waals surface area contributed by atoms with Crippen LogP contribution < -0.4 is 4.90 Å². The number of likely N-dealkylation sites (N-methyl/N-ethyl adjacent to an activating group) is 1. The van der Waals surface area contributed by atoms with Crippen LogP contribution in [-0.4, -0.2) is 89.1 Å². The lowest BCUT2D eigenvalue weighted by atomic mass is 9.74. The second-order valence-corrected chi connectivity index (χ2v) is 13.8. The number of unbranched alkanes of at least 4 members (excludes halogenated alkanes) is 2. The molecule has 49 heavy (non-hydrogen) atoms. The van der Waals surface area contributed by atoms with Crippen molar-refractivity contribution in [1.82, 2.24) is 9.80 Å². The zero-order chi connectivity index (χ0) is 34.9. The molecule has 3 amide bonds. The van der Waals surface area contributed by atoms with Crippen LogP contribution in [-0.2, 0) is 28.7 Å². The molecule has 260 valence electrons. The highest BCUT2D eigenvalue weighted by atomic mass is 35.5. The Hall–Kier alpha value is -3.99. The number of carbonyl (C=O) groups is 4. The van der Waals surface area contributed by atoms with Crippen molar-refractivity contribution < 1.29 is 33.8 Å². The molecule has 4 heterocycles. The second-order valence-electron chi connectivity index (χ2n) is 13.4. The lowest BCUT2D eigenvalue weighted by molar-refractivity contribution is -0.164. The molecule has 2 fully saturated rings. The molecule has 0 aromatic heterocycles. The zero-order valence-corrected chi connectivity index (χ0v) is 28.9. The Morgan fingerprint density at radius 3 is 2.49 bits per heavy atom. The lowest BCUT2D eigenvalue weighted by Gasteiger charge is -2.36. The summed E-state index contributed by atoms with van der Waals surface area (Å²) in [6.07, 6.45) is 8.11. The summed E-state index contributed by atoms with van der Waals surface area (Å²) in [5.74, 6) is -3.46. The first-order chi connectivity index (χ1) is 23.6. The van der Waals surface area contributed by atoms with Crippen LogP contribution in [0.5, 0.6) is 0 Å².